The number of hydrogen-bond donors (Lipinski definition) is 1. The van der Waals surface area contributed by atoms with Crippen LogP contribution in [0.4, 0.5) is 0 Å². The molecule has 0 radical (unpaired) electrons. The lowest BCUT2D eigenvalue weighted by Crippen LogP contribution is -2.35. The number of esters is 1. The molecule has 1 unspecified atom stereocenters. The molecule has 0 bridgehead atoms. The number of rotatable bonds is 9. The first-order valence-corrected chi connectivity index (χ1v) is 7.66. The number of ether oxygens (including phenoxy) is 3. The maximum atomic E-state index is 11.7. The van der Waals surface area contributed by atoms with Crippen LogP contribution in [0.1, 0.15) is 32.3 Å². The second-order valence-corrected chi connectivity index (χ2v) is 5.23. The Balaban J connectivity index is 2.40. The third-order valence-electron chi connectivity index (χ3n) is 3.45. The summed E-state index contributed by atoms with van der Waals surface area (Å²) in [5.74, 6) is 0.574. The Morgan fingerprint density at radius 3 is 2.48 bits per heavy atom. The summed E-state index contributed by atoms with van der Waals surface area (Å²) < 4.78 is 15.3. The van der Waals surface area contributed by atoms with Gasteiger partial charge in [-0.15, -0.1) is 0 Å². The van der Waals surface area contributed by atoms with E-state index in [1.807, 2.05) is 26.0 Å². The number of benzene rings is 1. The lowest BCUT2D eigenvalue weighted by molar-refractivity contribution is -0.148. The van der Waals surface area contributed by atoms with Crippen molar-refractivity contribution < 1.29 is 23.8 Å². The zero-order valence-electron chi connectivity index (χ0n) is 14.2. The van der Waals surface area contributed by atoms with Crippen molar-refractivity contribution in [2.45, 2.75) is 39.2 Å². The van der Waals surface area contributed by atoms with Crippen molar-refractivity contribution in [3.8, 4) is 11.5 Å². The second-order valence-electron chi connectivity index (χ2n) is 5.23. The monoisotopic (exact) mass is 323 g/mol. The topological polar surface area (TPSA) is 73.9 Å². The highest BCUT2D eigenvalue weighted by molar-refractivity contribution is 5.80. The highest BCUT2D eigenvalue weighted by Gasteiger charge is 2.11. The van der Waals surface area contributed by atoms with Crippen LogP contribution >= 0.6 is 0 Å². The minimum Gasteiger partial charge on any atom is -0.493 e. The van der Waals surface area contributed by atoms with Gasteiger partial charge in [-0.2, -0.15) is 0 Å². The number of nitrogens with one attached hydrogen (secondary N) is 1. The molecule has 128 valence electrons. The minimum atomic E-state index is -0.404. The van der Waals surface area contributed by atoms with Crippen LogP contribution in [0.2, 0.25) is 0 Å². The predicted octanol–water partition coefficient (Wildman–Crippen LogP) is 2.09. The summed E-state index contributed by atoms with van der Waals surface area (Å²) in [4.78, 5) is 23.2. The van der Waals surface area contributed by atoms with Crippen molar-refractivity contribution in [3.05, 3.63) is 23.8 Å². The molecule has 0 spiro atoms. The largest absolute Gasteiger partial charge is 0.493 e. The van der Waals surface area contributed by atoms with Crippen LogP contribution in [0, 0.1) is 0 Å². The maximum absolute atomic E-state index is 11.7. The Hall–Kier alpha value is -2.24. The molecule has 1 aromatic carbocycles. The van der Waals surface area contributed by atoms with Gasteiger partial charge in [-0.25, -0.2) is 0 Å². The zero-order chi connectivity index (χ0) is 17.2. The molecular weight excluding hydrogens is 298 g/mol. The molecule has 0 heterocycles. The SMILES string of the molecule is CCC(C)NC(=O)COC(=O)CCc1ccc(OC)c(OC)c1. The van der Waals surface area contributed by atoms with Gasteiger partial charge in [0, 0.05) is 12.5 Å². The lowest BCUT2D eigenvalue weighted by atomic mass is 10.1. The van der Waals surface area contributed by atoms with Crippen LogP contribution in [0.5, 0.6) is 11.5 Å². The fourth-order valence-electron chi connectivity index (χ4n) is 1.92. The molecule has 1 N–H and O–H groups in total. The predicted molar refractivity (Wildman–Crippen MR) is 86.7 cm³/mol. The van der Waals surface area contributed by atoms with Crippen LogP contribution in [-0.2, 0) is 20.7 Å². The van der Waals surface area contributed by atoms with Crippen molar-refractivity contribution >= 4 is 11.9 Å². The molecule has 0 saturated heterocycles. The van der Waals surface area contributed by atoms with E-state index in [0.29, 0.717) is 17.9 Å². The van der Waals surface area contributed by atoms with Gasteiger partial charge in [-0.3, -0.25) is 9.59 Å². The summed E-state index contributed by atoms with van der Waals surface area (Å²) in [7, 11) is 3.13. The molecule has 0 aliphatic carbocycles. The highest BCUT2D eigenvalue weighted by Crippen LogP contribution is 2.27. The lowest BCUT2D eigenvalue weighted by Gasteiger charge is -2.11. The first-order valence-electron chi connectivity index (χ1n) is 7.66. The van der Waals surface area contributed by atoms with E-state index < -0.39 is 5.97 Å². The maximum Gasteiger partial charge on any atom is 0.306 e. The molecule has 6 nitrogen and oxygen atoms in total. The van der Waals surface area contributed by atoms with Crippen molar-refractivity contribution in [3.63, 3.8) is 0 Å². The van der Waals surface area contributed by atoms with E-state index in [4.69, 9.17) is 14.2 Å². The normalized spacial score (nSPS) is 11.5. The van der Waals surface area contributed by atoms with Crippen molar-refractivity contribution in [1.29, 1.82) is 0 Å². The summed E-state index contributed by atoms with van der Waals surface area (Å²) in [6, 6.07) is 5.55. The zero-order valence-corrected chi connectivity index (χ0v) is 14.2. The highest BCUT2D eigenvalue weighted by atomic mass is 16.5. The Morgan fingerprint density at radius 1 is 1.17 bits per heavy atom. The van der Waals surface area contributed by atoms with E-state index in [1.54, 1.807) is 20.3 Å². The van der Waals surface area contributed by atoms with Gasteiger partial charge < -0.3 is 19.5 Å². The molecule has 0 aromatic heterocycles. The molecule has 1 rings (SSSR count). The van der Waals surface area contributed by atoms with Crippen LogP contribution in [0.25, 0.3) is 0 Å². The van der Waals surface area contributed by atoms with Crippen molar-refractivity contribution in [2.24, 2.45) is 0 Å². The standard InChI is InChI=1S/C17H25NO5/c1-5-12(2)18-16(19)11-23-17(20)9-7-13-6-8-14(21-3)15(10-13)22-4/h6,8,10,12H,5,7,9,11H2,1-4H3,(H,18,19). The number of methoxy groups -OCH3 is 2. The van der Waals surface area contributed by atoms with Gasteiger partial charge in [0.2, 0.25) is 0 Å². The fraction of sp³-hybridized carbons (Fsp3) is 0.529. The smallest absolute Gasteiger partial charge is 0.306 e. The van der Waals surface area contributed by atoms with Gasteiger partial charge in [-0.1, -0.05) is 13.0 Å². The molecule has 23 heavy (non-hydrogen) atoms. The molecule has 0 aliphatic rings. The molecule has 0 saturated carbocycles. The van der Waals surface area contributed by atoms with E-state index in [2.05, 4.69) is 5.32 Å². The van der Waals surface area contributed by atoms with E-state index in [1.165, 1.54) is 0 Å². The van der Waals surface area contributed by atoms with Gasteiger partial charge in [-0.05, 0) is 37.5 Å². The first-order chi connectivity index (χ1) is 11.0. The van der Waals surface area contributed by atoms with E-state index in [9.17, 15) is 9.59 Å². The number of carbonyl (C=O) groups is 2. The quantitative estimate of drug-likeness (QED) is 0.705. The second kappa shape index (κ2) is 9.71. The summed E-state index contributed by atoms with van der Waals surface area (Å²) in [5.41, 5.74) is 0.934. The van der Waals surface area contributed by atoms with Crippen LogP contribution in [0.3, 0.4) is 0 Å². The molecule has 0 fully saturated rings. The molecule has 1 amide bonds. The van der Waals surface area contributed by atoms with Gasteiger partial charge in [0.25, 0.3) is 5.91 Å². The van der Waals surface area contributed by atoms with Crippen molar-refractivity contribution in [2.75, 3.05) is 20.8 Å². The Bertz CT molecular complexity index is 530. The number of carbonyl (C=O) groups excluding carboxylic acids is 2. The van der Waals surface area contributed by atoms with Gasteiger partial charge >= 0.3 is 5.97 Å². The number of hydrogen-bond acceptors (Lipinski definition) is 5. The Labute approximate surface area is 137 Å². The third kappa shape index (κ3) is 6.59. The first kappa shape index (κ1) is 18.8. The van der Waals surface area contributed by atoms with E-state index in [0.717, 1.165) is 12.0 Å². The van der Waals surface area contributed by atoms with Gasteiger partial charge in [0.15, 0.2) is 18.1 Å². The molecule has 6 heteroatoms. The molecule has 1 aromatic rings. The van der Waals surface area contributed by atoms with E-state index >= 15 is 0 Å². The summed E-state index contributed by atoms with van der Waals surface area (Å²) in [5, 5.41) is 2.74. The fourth-order valence-corrected chi connectivity index (χ4v) is 1.92. The summed E-state index contributed by atoms with van der Waals surface area (Å²) >= 11 is 0. The summed E-state index contributed by atoms with van der Waals surface area (Å²) in [6.07, 6.45) is 1.54. The van der Waals surface area contributed by atoms with Crippen LogP contribution in [-0.4, -0.2) is 38.7 Å². The molecule has 1 atom stereocenters. The molecule has 0 aliphatic heterocycles. The molecular formula is C17H25NO5. The number of amides is 1. The Kier molecular flexibility index (Phi) is 7.94. The Morgan fingerprint density at radius 2 is 1.87 bits per heavy atom. The van der Waals surface area contributed by atoms with Gasteiger partial charge in [0.05, 0.1) is 14.2 Å². The third-order valence-corrected chi connectivity index (χ3v) is 3.45. The van der Waals surface area contributed by atoms with Crippen LogP contribution in [0.15, 0.2) is 18.2 Å². The van der Waals surface area contributed by atoms with Crippen molar-refractivity contribution in [1.82, 2.24) is 5.32 Å². The average Bonchev–Trinajstić information content (AvgIpc) is 2.57. The number of aryl methyl sites for hydroxylation is 1. The summed E-state index contributed by atoms with van der Waals surface area (Å²) in [6.45, 7) is 3.63. The van der Waals surface area contributed by atoms with E-state index in [-0.39, 0.29) is 25.0 Å². The minimum absolute atomic E-state index is 0.0768. The van der Waals surface area contributed by atoms with Crippen LogP contribution < -0.4 is 14.8 Å². The average molecular weight is 323 g/mol. The van der Waals surface area contributed by atoms with Gasteiger partial charge in [0.1, 0.15) is 0 Å².